The number of carboxylic acids is 2. The summed E-state index contributed by atoms with van der Waals surface area (Å²) in [6.45, 7) is 4.68. The Hall–Kier alpha value is -3.87. The summed E-state index contributed by atoms with van der Waals surface area (Å²) in [5, 5.41) is 27.5. The summed E-state index contributed by atoms with van der Waals surface area (Å²) in [6, 6.07) is 9.09. The molecule has 0 atom stereocenters. The molecule has 1 aliphatic carbocycles. The van der Waals surface area contributed by atoms with Crippen molar-refractivity contribution in [2.24, 2.45) is 0 Å². The van der Waals surface area contributed by atoms with Crippen LogP contribution >= 0.6 is 0 Å². The van der Waals surface area contributed by atoms with Crippen LogP contribution in [0.5, 0.6) is 5.75 Å². The van der Waals surface area contributed by atoms with Crippen molar-refractivity contribution in [3.63, 3.8) is 0 Å². The number of carboxylic acid groups (broad SMARTS) is 2. The molecule has 0 unspecified atom stereocenters. The lowest BCUT2D eigenvalue weighted by atomic mass is 9.88. The van der Waals surface area contributed by atoms with Crippen LogP contribution in [0.2, 0.25) is 0 Å². The SMILES string of the molecule is C/C=C(C(=O)O)\C(=C/CC)c1c2ccc(=O)cc-2oc2cc(O)ccc12.CC(=O)O. The van der Waals surface area contributed by atoms with Crippen molar-refractivity contribution in [3.8, 4) is 17.1 Å². The molecule has 0 saturated carbocycles. The van der Waals surface area contributed by atoms with E-state index < -0.39 is 11.9 Å². The number of rotatable bonds is 4. The Morgan fingerprint density at radius 1 is 1.10 bits per heavy atom. The summed E-state index contributed by atoms with van der Waals surface area (Å²) in [7, 11) is 0. The second kappa shape index (κ2) is 9.56. The highest BCUT2D eigenvalue weighted by atomic mass is 16.4. The van der Waals surface area contributed by atoms with Crippen LogP contribution in [0.4, 0.5) is 0 Å². The molecule has 0 amide bonds. The van der Waals surface area contributed by atoms with Crippen molar-refractivity contribution in [1.29, 1.82) is 0 Å². The number of benzene rings is 2. The fourth-order valence-electron chi connectivity index (χ4n) is 3.09. The van der Waals surface area contributed by atoms with Crippen molar-refractivity contribution in [1.82, 2.24) is 0 Å². The Morgan fingerprint density at radius 3 is 2.33 bits per heavy atom. The van der Waals surface area contributed by atoms with Gasteiger partial charge in [-0.15, -0.1) is 0 Å². The van der Waals surface area contributed by atoms with Crippen LogP contribution in [0, 0.1) is 0 Å². The van der Waals surface area contributed by atoms with Crippen LogP contribution in [-0.4, -0.2) is 27.3 Å². The molecule has 0 radical (unpaired) electrons. The van der Waals surface area contributed by atoms with Crippen LogP contribution in [0.25, 0.3) is 27.9 Å². The topological polar surface area (TPSA) is 125 Å². The van der Waals surface area contributed by atoms with Gasteiger partial charge in [-0.3, -0.25) is 9.59 Å². The lowest BCUT2D eigenvalue weighted by Gasteiger charge is -2.18. The van der Waals surface area contributed by atoms with E-state index in [1.54, 1.807) is 25.1 Å². The van der Waals surface area contributed by atoms with Gasteiger partial charge in [-0.25, -0.2) is 4.79 Å². The van der Waals surface area contributed by atoms with E-state index in [0.717, 1.165) is 6.92 Å². The first kappa shape index (κ1) is 22.4. The summed E-state index contributed by atoms with van der Waals surface area (Å²) in [5.74, 6) is -1.50. The third-order valence-corrected chi connectivity index (χ3v) is 4.16. The molecule has 3 N–H and O–H groups in total. The minimum absolute atomic E-state index is 0.0235. The number of hydrogen-bond acceptors (Lipinski definition) is 5. The third-order valence-electron chi connectivity index (χ3n) is 4.16. The zero-order valence-electron chi connectivity index (χ0n) is 16.8. The van der Waals surface area contributed by atoms with Gasteiger partial charge in [0.2, 0.25) is 0 Å². The van der Waals surface area contributed by atoms with Crippen molar-refractivity contribution < 1.29 is 29.3 Å². The summed E-state index contributed by atoms with van der Waals surface area (Å²) in [6.07, 6.45) is 4.02. The van der Waals surface area contributed by atoms with Crippen molar-refractivity contribution >= 4 is 28.5 Å². The van der Waals surface area contributed by atoms with Gasteiger partial charge in [0, 0.05) is 35.6 Å². The molecule has 7 heteroatoms. The maximum atomic E-state index is 11.8. The highest BCUT2D eigenvalue weighted by molar-refractivity contribution is 6.11. The average molecular weight is 410 g/mol. The monoisotopic (exact) mass is 410 g/mol. The van der Waals surface area contributed by atoms with Gasteiger partial charge >= 0.3 is 5.97 Å². The maximum Gasteiger partial charge on any atom is 0.335 e. The van der Waals surface area contributed by atoms with Crippen LogP contribution in [0.15, 0.2) is 63.3 Å². The van der Waals surface area contributed by atoms with Crippen LogP contribution in [-0.2, 0) is 9.59 Å². The lowest BCUT2D eigenvalue weighted by molar-refractivity contribution is -0.134. The molecule has 3 rings (SSSR count). The number of fused-ring (bicyclic) bond motifs is 2. The molecule has 2 aliphatic rings. The Bertz CT molecular complexity index is 1180. The first-order valence-electron chi connectivity index (χ1n) is 9.19. The Kier molecular flexibility index (Phi) is 7.14. The van der Waals surface area contributed by atoms with E-state index in [4.69, 9.17) is 14.3 Å². The van der Waals surface area contributed by atoms with Gasteiger partial charge < -0.3 is 19.7 Å². The average Bonchev–Trinajstić information content (AvgIpc) is 2.65. The Labute approximate surface area is 172 Å². The largest absolute Gasteiger partial charge is 0.508 e. The Balaban J connectivity index is 0.000000735. The molecule has 0 saturated heterocycles. The quantitative estimate of drug-likeness (QED) is 0.328. The highest BCUT2D eigenvalue weighted by Gasteiger charge is 2.23. The first-order chi connectivity index (χ1) is 14.2. The summed E-state index contributed by atoms with van der Waals surface area (Å²) < 4.78 is 5.80. The van der Waals surface area contributed by atoms with Gasteiger partial charge in [0.05, 0.1) is 5.57 Å². The van der Waals surface area contributed by atoms with E-state index in [0.29, 0.717) is 39.9 Å². The van der Waals surface area contributed by atoms with Crippen molar-refractivity contribution in [2.75, 3.05) is 0 Å². The minimum Gasteiger partial charge on any atom is -0.508 e. The normalized spacial score (nSPS) is 11.8. The fraction of sp³-hybridized carbons (Fsp3) is 0.174. The molecule has 1 aliphatic heterocycles. The standard InChI is InChI=1S/C21H18O5.C2H4O2/c1-3-5-15(14(4-2)21(24)25)20-16-8-6-12(22)10-18(16)26-19-11-13(23)7-9-17(19)20;1-2(3)4/h4-11,22H,3H2,1-2H3,(H,24,25);1H3,(H,3,4)/b14-4+,15-5+;. The smallest absolute Gasteiger partial charge is 0.335 e. The minimum atomic E-state index is -1.03. The van der Waals surface area contributed by atoms with Gasteiger partial charge in [0.25, 0.3) is 5.97 Å². The van der Waals surface area contributed by atoms with Gasteiger partial charge in [0.15, 0.2) is 5.43 Å². The number of phenolic OH excluding ortho intramolecular Hbond substituents is 1. The molecule has 7 nitrogen and oxygen atoms in total. The molecule has 0 bridgehead atoms. The van der Waals surface area contributed by atoms with E-state index in [9.17, 15) is 19.8 Å². The van der Waals surface area contributed by atoms with Crippen LogP contribution < -0.4 is 5.43 Å². The maximum absolute atomic E-state index is 11.8. The van der Waals surface area contributed by atoms with Crippen molar-refractivity contribution in [3.05, 3.63) is 69.9 Å². The number of allylic oxidation sites excluding steroid dienone is 2. The molecule has 156 valence electrons. The lowest BCUT2D eigenvalue weighted by Crippen LogP contribution is -2.07. The zero-order valence-corrected chi connectivity index (χ0v) is 16.8. The number of hydrogen-bond donors (Lipinski definition) is 3. The van der Waals surface area contributed by atoms with Gasteiger partial charge in [-0.2, -0.15) is 0 Å². The predicted octanol–water partition coefficient (Wildman–Crippen LogP) is 4.52. The molecule has 30 heavy (non-hydrogen) atoms. The van der Waals surface area contributed by atoms with Crippen LogP contribution in [0.3, 0.4) is 0 Å². The second-order valence-electron chi connectivity index (χ2n) is 6.37. The van der Waals surface area contributed by atoms with Gasteiger partial charge in [-0.05, 0) is 43.2 Å². The summed E-state index contributed by atoms with van der Waals surface area (Å²) in [5.41, 5.74) is 2.19. The van der Waals surface area contributed by atoms with Crippen molar-refractivity contribution in [2.45, 2.75) is 27.2 Å². The molecule has 1 aromatic rings. The number of phenols is 1. The Morgan fingerprint density at radius 2 is 1.77 bits per heavy atom. The third kappa shape index (κ3) is 4.94. The molecule has 1 aromatic carbocycles. The fourth-order valence-corrected chi connectivity index (χ4v) is 3.09. The molecule has 1 heterocycles. The van der Waals surface area contributed by atoms with E-state index in [1.807, 2.05) is 13.0 Å². The molecular formula is C23H22O7. The number of aliphatic carboxylic acids is 2. The van der Waals surface area contributed by atoms with Gasteiger partial charge in [-0.1, -0.05) is 19.1 Å². The van der Waals surface area contributed by atoms with E-state index in [2.05, 4.69) is 0 Å². The highest BCUT2D eigenvalue weighted by Crippen LogP contribution is 2.40. The summed E-state index contributed by atoms with van der Waals surface area (Å²) >= 11 is 0. The first-order valence-corrected chi connectivity index (χ1v) is 9.19. The zero-order chi connectivity index (χ0) is 22.4. The predicted molar refractivity (Wildman–Crippen MR) is 114 cm³/mol. The molecular weight excluding hydrogens is 388 g/mol. The van der Waals surface area contributed by atoms with Gasteiger partial charge in [0.1, 0.15) is 17.1 Å². The van der Waals surface area contributed by atoms with E-state index in [1.165, 1.54) is 24.3 Å². The number of carbonyl (C=O) groups is 2. The molecule has 0 aromatic heterocycles. The number of aromatic hydroxyl groups is 1. The molecule has 0 spiro atoms. The molecule has 0 fully saturated rings. The second-order valence-corrected chi connectivity index (χ2v) is 6.37. The van der Waals surface area contributed by atoms with E-state index in [-0.39, 0.29) is 16.8 Å². The summed E-state index contributed by atoms with van der Waals surface area (Å²) in [4.78, 5) is 32.5. The van der Waals surface area contributed by atoms with E-state index >= 15 is 0 Å². The van der Waals surface area contributed by atoms with Crippen LogP contribution in [0.1, 0.15) is 32.8 Å².